The fourth-order valence-corrected chi connectivity index (χ4v) is 1.10. The van der Waals surface area contributed by atoms with E-state index in [0.717, 1.165) is 6.42 Å². The molecule has 0 aromatic rings. The average molecular weight is 143 g/mol. The van der Waals surface area contributed by atoms with Crippen LogP contribution < -0.4 is 0 Å². The molecule has 0 bridgehead atoms. The molecule has 1 N–H and O–H groups in total. The van der Waals surface area contributed by atoms with Crippen LogP contribution >= 0.6 is 0 Å². The van der Waals surface area contributed by atoms with Gasteiger partial charge in [-0.1, -0.05) is 12.8 Å². The Hall–Kier alpha value is -0.0800. The van der Waals surface area contributed by atoms with Crippen molar-refractivity contribution in [3.05, 3.63) is 0 Å². The zero-order chi connectivity index (χ0) is 7.23. The van der Waals surface area contributed by atoms with Gasteiger partial charge in [-0.2, -0.15) is 0 Å². The first-order valence-corrected chi connectivity index (χ1v) is 4.26. The van der Waals surface area contributed by atoms with Crippen molar-refractivity contribution >= 4 is 0 Å². The van der Waals surface area contributed by atoms with Gasteiger partial charge in [-0.15, -0.1) is 0 Å². The normalized spacial score (nSPS) is 17.7. The highest BCUT2D eigenvalue weighted by Crippen LogP contribution is 2.07. The van der Waals surface area contributed by atoms with E-state index >= 15 is 0 Å². The molecule has 0 saturated carbocycles. The van der Waals surface area contributed by atoms with Crippen molar-refractivity contribution in [1.29, 1.82) is 0 Å². The molecule has 0 radical (unpaired) electrons. The number of aliphatic hydroxyl groups is 1. The Kier molecular flexibility index (Phi) is 3.76. The van der Waals surface area contributed by atoms with Crippen LogP contribution in [0.15, 0.2) is 0 Å². The minimum Gasteiger partial charge on any atom is -0.396 e. The molecule has 1 aliphatic heterocycles. The molecule has 2 nitrogen and oxygen atoms in total. The monoisotopic (exact) mass is 143 g/mol. The lowest BCUT2D eigenvalue weighted by atomic mass is 10.2. The van der Waals surface area contributed by atoms with Crippen LogP contribution in [0.5, 0.6) is 0 Å². The summed E-state index contributed by atoms with van der Waals surface area (Å²) < 4.78 is 0. The zero-order valence-corrected chi connectivity index (χ0v) is 6.55. The maximum Gasteiger partial charge on any atom is 0.0431 e. The molecule has 10 heavy (non-hydrogen) atoms. The Morgan fingerprint density at radius 2 is 1.70 bits per heavy atom. The van der Waals surface area contributed by atoms with Crippen LogP contribution in [0, 0.1) is 0 Å². The van der Waals surface area contributed by atoms with Crippen molar-refractivity contribution in [2.24, 2.45) is 0 Å². The number of rotatable bonds is 6. The Morgan fingerprint density at radius 1 is 1.00 bits per heavy atom. The van der Waals surface area contributed by atoms with Crippen LogP contribution in [-0.4, -0.2) is 36.2 Å². The SMILES string of the molecule is OCCCCCCN1CC1. The molecule has 0 amide bonds. The van der Waals surface area contributed by atoms with Gasteiger partial charge in [0.25, 0.3) is 0 Å². The molecule has 0 aliphatic carbocycles. The third-order valence-electron chi connectivity index (χ3n) is 1.92. The van der Waals surface area contributed by atoms with E-state index in [9.17, 15) is 0 Å². The number of unbranched alkanes of at least 4 members (excludes halogenated alkanes) is 3. The van der Waals surface area contributed by atoms with Gasteiger partial charge in [-0.05, 0) is 19.4 Å². The van der Waals surface area contributed by atoms with E-state index in [2.05, 4.69) is 4.90 Å². The van der Waals surface area contributed by atoms with Gasteiger partial charge >= 0.3 is 0 Å². The predicted molar refractivity (Wildman–Crippen MR) is 42.0 cm³/mol. The van der Waals surface area contributed by atoms with E-state index in [4.69, 9.17) is 5.11 Å². The molecule has 0 aromatic heterocycles. The smallest absolute Gasteiger partial charge is 0.0431 e. The molecule has 1 fully saturated rings. The van der Waals surface area contributed by atoms with E-state index in [0.29, 0.717) is 6.61 Å². The second kappa shape index (κ2) is 4.69. The summed E-state index contributed by atoms with van der Waals surface area (Å²) in [6.07, 6.45) is 4.79. The lowest BCUT2D eigenvalue weighted by Crippen LogP contribution is -1.98. The highest BCUT2D eigenvalue weighted by atomic mass is 16.2. The molecule has 1 aliphatic rings. The molecule has 0 atom stereocenters. The Balaban J connectivity index is 1.68. The highest BCUT2D eigenvalue weighted by molar-refractivity contribution is 4.71. The summed E-state index contributed by atoms with van der Waals surface area (Å²) in [5, 5.41) is 8.48. The fraction of sp³-hybridized carbons (Fsp3) is 1.00. The highest BCUT2D eigenvalue weighted by Gasteiger charge is 2.14. The third-order valence-corrected chi connectivity index (χ3v) is 1.92. The lowest BCUT2D eigenvalue weighted by molar-refractivity contribution is 0.282. The molecule has 0 unspecified atom stereocenters. The van der Waals surface area contributed by atoms with Crippen LogP contribution in [0.3, 0.4) is 0 Å². The summed E-state index contributed by atoms with van der Waals surface area (Å²) in [4.78, 5) is 2.44. The standard InChI is InChI=1S/C8H17NO/c10-8-4-2-1-3-5-9-6-7-9/h10H,1-8H2. The van der Waals surface area contributed by atoms with Crippen LogP contribution in [0.1, 0.15) is 25.7 Å². The van der Waals surface area contributed by atoms with Crippen molar-refractivity contribution in [3.8, 4) is 0 Å². The maximum absolute atomic E-state index is 8.48. The average Bonchev–Trinajstić information content (AvgIpc) is 2.71. The summed E-state index contributed by atoms with van der Waals surface area (Å²) in [6, 6.07) is 0. The molecule has 2 heteroatoms. The Bertz CT molecular complexity index is 81.3. The van der Waals surface area contributed by atoms with Crippen LogP contribution in [0.25, 0.3) is 0 Å². The summed E-state index contributed by atoms with van der Waals surface area (Å²) >= 11 is 0. The van der Waals surface area contributed by atoms with Crippen molar-refractivity contribution in [2.75, 3.05) is 26.2 Å². The van der Waals surface area contributed by atoms with E-state index in [1.807, 2.05) is 0 Å². The van der Waals surface area contributed by atoms with Gasteiger partial charge in [0, 0.05) is 19.7 Å². The Labute approximate surface area is 62.8 Å². The predicted octanol–water partition coefficient (Wildman–Crippen LogP) is 0.855. The van der Waals surface area contributed by atoms with Gasteiger partial charge < -0.3 is 10.0 Å². The summed E-state index contributed by atoms with van der Waals surface area (Å²) in [5.74, 6) is 0. The molecule has 1 heterocycles. The summed E-state index contributed by atoms with van der Waals surface area (Å²) in [6.45, 7) is 4.29. The molecule has 60 valence electrons. The topological polar surface area (TPSA) is 23.2 Å². The second-order valence-corrected chi connectivity index (χ2v) is 2.98. The molecule has 1 saturated heterocycles. The zero-order valence-electron chi connectivity index (χ0n) is 6.55. The number of nitrogens with zero attached hydrogens (tertiary/aromatic N) is 1. The van der Waals surface area contributed by atoms with Crippen molar-refractivity contribution in [1.82, 2.24) is 4.90 Å². The minimum atomic E-state index is 0.365. The molecule has 0 spiro atoms. The van der Waals surface area contributed by atoms with Gasteiger partial charge in [-0.3, -0.25) is 0 Å². The van der Waals surface area contributed by atoms with Crippen LogP contribution in [-0.2, 0) is 0 Å². The first-order valence-electron chi connectivity index (χ1n) is 4.26. The summed E-state index contributed by atoms with van der Waals surface area (Å²) in [5.41, 5.74) is 0. The summed E-state index contributed by atoms with van der Waals surface area (Å²) in [7, 11) is 0. The van der Waals surface area contributed by atoms with Gasteiger partial charge in [0.1, 0.15) is 0 Å². The van der Waals surface area contributed by atoms with Gasteiger partial charge in [0.15, 0.2) is 0 Å². The van der Waals surface area contributed by atoms with Crippen LogP contribution in [0.2, 0.25) is 0 Å². The van der Waals surface area contributed by atoms with E-state index < -0.39 is 0 Å². The number of hydrogen-bond donors (Lipinski definition) is 1. The van der Waals surface area contributed by atoms with E-state index in [-0.39, 0.29) is 0 Å². The van der Waals surface area contributed by atoms with Crippen LogP contribution in [0.4, 0.5) is 0 Å². The van der Waals surface area contributed by atoms with Crippen molar-refractivity contribution < 1.29 is 5.11 Å². The van der Waals surface area contributed by atoms with Crippen molar-refractivity contribution in [2.45, 2.75) is 25.7 Å². The lowest BCUT2D eigenvalue weighted by Gasteiger charge is -1.99. The van der Waals surface area contributed by atoms with Gasteiger partial charge in [-0.25, -0.2) is 0 Å². The molecular formula is C8H17NO. The van der Waals surface area contributed by atoms with E-state index in [1.54, 1.807) is 0 Å². The largest absolute Gasteiger partial charge is 0.396 e. The molecular weight excluding hydrogens is 126 g/mol. The number of aliphatic hydroxyl groups excluding tert-OH is 1. The first-order chi connectivity index (χ1) is 4.93. The quantitative estimate of drug-likeness (QED) is 0.440. The maximum atomic E-state index is 8.48. The fourth-order valence-electron chi connectivity index (χ4n) is 1.10. The molecule has 1 rings (SSSR count). The minimum absolute atomic E-state index is 0.365. The first kappa shape index (κ1) is 8.02. The van der Waals surface area contributed by atoms with E-state index in [1.165, 1.54) is 38.9 Å². The number of hydrogen-bond acceptors (Lipinski definition) is 2. The van der Waals surface area contributed by atoms with Gasteiger partial charge in [0.2, 0.25) is 0 Å². The third kappa shape index (κ3) is 3.85. The van der Waals surface area contributed by atoms with Crippen molar-refractivity contribution in [3.63, 3.8) is 0 Å². The second-order valence-electron chi connectivity index (χ2n) is 2.98. The molecule has 0 aromatic carbocycles. The Morgan fingerprint density at radius 3 is 2.30 bits per heavy atom. The van der Waals surface area contributed by atoms with Gasteiger partial charge in [0.05, 0.1) is 0 Å².